The molecule has 0 bridgehead atoms. The van der Waals surface area contributed by atoms with Gasteiger partial charge in [-0.25, -0.2) is 0 Å². The summed E-state index contributed by atoms with van der Waals surface area (Å²) in [5.74, 6) is 0. The number of rotatable bonds is 14. The van der Waals surface area contributed by atoms with E-state index in [-0.39, 0.29) is 0 Å². The third-order valence-corrected chi connectivity index (χ3v) is 21.6. The molecule has 1 heterocycles. The molecule has 0 unspecified atom stereocenters. The molecule has 4 heteroatoms. The Bertz CT molecular complexity index is 713. The molecule has 3 nitrogen and oxygen atoms in total. The van der Waals surface area contributed by atoms with Crippen LogP contribution in [0.1, 0.15) is 71.3 Å². The molecule has 0 N–H and O–H groups in total. The Balaban J connectivity index is 2.53. The molecule has 0 saturated carbocycles. The number of aryl methyl sites for hydroxylation is 2. The molecule has 1 aromatic heterocycles. The number of hydrogen-bond acceptors (Lipinski definition) is 2. The van der Waals surface area contributed by atoms with E-state index in [0.29, 0.717) is 0 Å². The number of fused-ring (bicyclic) bond motifs is 1. The quantitative estimate of drug-likeness (QED) is 0.279. The van der Waals surface area contributed by atoms with Gasteiger partial charge in [0, 0.05) is 0 Å². The molecule has 0 saturated heterocycles. The van der Waals surface area contributed by atoms with Crippen LogP contribution in [0.25, 0.3) is 10.9 Å². The van der Waals surface area contributed by atoms with E-state index in [1.807, 2.05) is 0 Å². The third kappa shape index (κ3) is 6.72. The molecule has 0 amide bonds. The fourth-order valence-corrected chi connectivity index (χ4v) is 20.8. The summed E-state index contributed by atoms with van der Waals surface area (Å²) >= 11 is -2.54. The van der Waals surface area contributed by atoms with E-state index in [4.69, 9.17) is 5.10 Å². The van der Waals surface area contributed by atoms with Crippen molar-refractivity contribution in [3.63, 3.8) is 0 Å². The molecule has 164 valence electrons. The molecule has 0 spiro atoms. The van der Waals surface area contributed by atoms with Crippen LogP contribution in [0, 0.1) is 6.92 Å². The zero-order chi connectivity index (χ0) is 21.3. The average Bonchev–Trinajstić information content (AvgIpc) is 3.06. The van der Waals surface area contributed by atoms with E-state index < -0.39 is 18.4 Å². The summed E-state index contributed by atoms with van der Waals surface area (Å²) in [5.41, 5.74) is 2.75. The SMILES string of the molecule is CCC[CH2][Sn]([CH2]CCC)([CH2]CCC)[c]1nn(CCCN(C)C)c2cc(C)ccc12. The van der Waals surface area contributed by atoms with Crippen molar-refractivity contribution in [2.24, 2.45) is 0 Å². The Morgan fingerprint density at radius 2 is 1.48 bits per heavy atom. The molecular formula is C25H45N3Sn. The van der Waals surface area contributed by atoms with Crippen molar-refractivity contribution < 1.29 is 0 Å². The second kappa shape index (κ2) is 12.3. The van der Waals surface area contributed by atoms with E-state index in [1.165, 1.54) is 74.7 Å². The number of nitrogens with zero attached hydrogens (tertiary/aromatic N) is 3. The maximum atomic E-state index is 5.45. The standard InChI is InChI=1S/C13H18N3.3C4H9.Sn/c1-11-5-6-12-10-14-16(13(12)9-11)8-4-7-15(2)3;3*1-3-4-2;/h5-6,9H,4,7-8H2,1-3H3;3*1,3-4H2,2H3;. The van der Waals surface area contributed by atoms with E-state index in [9.17, 15) is 0 Å². The molecule has 29 heavy (non-hydrogen) atoms. The molecule has 0 fully saturated rings. The molecule has 0 aliphatic heterocycles. The normalized spacial score (nSPS) is 12.4. The predicted octanol–water partition coefficient (Wildman–Crippen LogP) is 6.35. The van der Waals surface area contributed by atoms with Crippen molar-refractivity contribution in [3.05, 3.63) is 23.8 Å². The van der Waals surface area contributed by atoms with Crippen LogP contribution >= 0.6 is 0 Å². The summed E-state index contributed by atoms with van der Waals surface area (Å²) in [6, 6.07) is 7.11. The van der Waals surface area contributed by atoms with Gasteiger partial charge < -0.3 is 0 Å². The molecule has 0 atom stereocenters. The van der Waals surface area contributed by atoms with Crippen LogP contribution < -0.4 is 3.71 Å². The number of hydrogen-bond donors (Lipinski definition) is 0. The third-order valence-electron chi connectivity index (χ3n) is 6.41. The zero-order valence-electron chi connectivity index (χ0n) is 20.1. The fraction of sp³-hybridized carbons (Fsp3) is 0.720. The van der Waals surface area contributed by atoms with Gasteiger partial charge in [0.1, 0.15) is 0 Å². The summed E-state index contributed by atoms with van der Waals surface area (Å²) in [4.78, 5) is 2.28. The second-order valence-electron chi connectivity index (χ2n) is 9.34. The molecule has 0 radical (unpaired) electrons. The number of aromatic nitrogens is 2. The van der Waals surface area contributed by atoms with Crippen molar-refractivity contribution in [2.45, 2.75) is 92.5 Å². The first-order valence-electron chi connectivity index (χ1n) is 12.1. The van der Waals surface area contributed by atoms with E-state index >= 15 is 0 Å². The van der Waals surface area contributed by atoms with Gasteiger partial charge >= 0.3 is 185 Å². The molecule has 0 aliphatic rings. The Hall–Kier alpha value is -0.551. The van der Waals surface area contributed by atoms with Crippen molar-refractivity contribution in [1.29, 1.82) is 0 Å². The number of benzene rings is 1. The molecule has 1 aromatic carbocycles. The molecule has 2 aromatic rings. The minimum absolute atomic E-state index is 1.04. The van der Waals surface area contributed by atoms with E-state index in [0.717, 1.165) is 13.1 Å². The second-order valence-corrected chi connectivity index (χ2v) is 22.3. The van der Waals surface area contributed by atoms with Crippen LogP contribution in [0.4, 0.5) is 0 Å². The van der Waals surface area contributed by atoms with Crippen LogP contribution in [0.5, 0.6) is 0 Å². The monoisotopic (exact) mass is 507 g/mol. The van der Waals surface area contributed by atoms with Gasteiger partial charge in [0.25, 0.3) is 0 Å². The summed E-state index contributed by atoms with van der Waals surface area (Å²) in [6.45, 7) is 11.5. The zero-order valence-corrected chi connectivity index (χ0v) is 22.9. The minimum atomic E-state index is -2.54. The maximum absolute atomic E-state index is 5.45. The summed E-state index contributed by atoms with van der Waals surface area (Å²) in [6.07, 6.45) is 9.30. The molecular weight excluding hydrogens is 461 g/mol. The van der Waals surface area contributed by atoms with Crippen molar-refractivity contribution in [2.75, 3.05) is 20.6 Å². The molecule has 0 aliphatic carbocycles. The van der Waals surface area contributed by atoms with Gasteiger partial charge in [-0.3, -0.25) is 0 Å². The van der Waals surface area contributed by atoms with Crippen LogP contribution in [0.2, 0.25) is 13.3 Å². The van der Waals surface area contributed by atoms with Gasteiger partial charge in [-0.2, -0.15) is 0 Å². The van der Waals surface area contributed by atoms with Crippen molar-refractivity contribution in [3.8, 4) is 0 Å². The first-order chi connectivity index (χ1) is 14.0. The summed E-state index contributed by atoms with van der Waals surface area (Å²) < 4.78 is 8.44. The van der Waals surface area contributed by atoms with Crippen LogP contribution in [-0.4, -0.2) is 53.7 Å². The van der Waals surface area contributed by atoms with Crippen LogP contribution in [-0.2, 0) is 6.54 Å². The first kappa shape index (κ1) is 24.7. The van der Waals surface area contributed by atoms with Crippen molar-refractivity contribution in [1.82, 2.24) is 14.7 Å². The summed E-state index contributed by atoms with van der Waals surface area (Å²) in [7, 11) is 4.33. The Morgan fingerprint density at radius 3 is 2.00 bits per heavy atom. The van der Waals surface area contributed by atoms with Gasteiger partial charge in [0.15, 0.2) is 0 Å². The first-order valence-corrected chi connectivity index (χ1v) is 19.6. The Kier molecular flexibility index (Phi) is 10.5. The van der Waals surface area contributed by atoms with Crippen LogP contribution in [0.3, 0.4) is 0 Å². The van der Waals surface area contributed by atoms with Crippen molar-refractivity contribution >= 4 is 33.0 Å². The Labute approximate surface area is 184 Å². The van der Waals surface area contributed by atoms with Gasteiger partial charge in [0.2, 0.25) is 0 Å². The fourth-order valence-electron chi connectivity index (χ4n) is 4.66. The van der Waals surface area contributed by atoms with Crippen LogP contribution in [0.15, 0.2) is 18.2 Å². The Morgan fingerprint density at radius 1 is 0.897 bits per heavy atom. The molecule has 2 rings (SSSR count). The summed E-state index contributed by atoms with van der Waals surface area (Å²) in [5, 5.41) is 6.95. The van der Waals surface area contributed by atoms with Gasteiger partial charge in [-0.1, -0.05) is 0 Å². The average molecular weight is 506 g/mol. The predicted molar refractivity (Wildman–Crippen MR) is 132 cm³/mol. The van der Waals surface area contributed by atoms with Gasteiger partial charge in [-0.15, -0.1) is 0 Å². The van der Waals surface area contributed by atoms with Gasteiger partial charge in [-0.05, 0) is 0 Å². The van der Waals surface area contributed by atoms with Gasteiger partial charge in [0.05, 0.1) is 0 Å². The number of unbranched alkanes of at least 4 members (excludes halogenated alkanes) is 3. The van der Waals surface area contributed by atoms with E-state index in [2.05, 4.69) is 69.6 Å². The topological polar surface area (TPSA) is 21.1 Å². The van der Waals surface area contributed by atoms with E-state index in [1.54, 1.807) is 3.71 Å².